The van der Waals surface area contributed by atoms with Crippen LogP contribution in [0.2, 0.25) is 0 Å². The molecule has 0 radical (unpaired) electrons. The monoisotopic (exact) mass is 299 g/mol. The Bertz CT molecular complexity index is 392. The number of nitrogens with one attached hydrogen (secondary N) is 1. The molecule has 1 aromatic rings. The fraction of sp³-hybridized carbons (Fsp3) is 0.625. The lowest BCUT2D eigenvalue weighted by Crippen LogP contribution is -2.25. The van der Waals surface area contributed by atoms with E-state index in [0.717, 1.165) is 18.0 Å². The zero-order chi connectivity index (χ0) is 13.5. The third kappa shape index (κ3) is 4.88. The molecule has 1 aliphatic rings. The number of rotatable bonds is 7. The van der Waals surface area contributed by atoms with Gasteiger partial charge in [-0.3, -0.25) is 0 Å². The molecule has 1 fully saturated rings. The normalized spacial score (nSPS) is 14.9. The van der Waals surface area contributed by atoms with E-state index in [-0.39, 0.29) is 12.4 Å². The molecule has 0 amide bonds. The van der Waals surface area contributed by atoms with Crippen LogP contribution >= 0.6 is 12.4 Å². The van der Waals surface area contributed by atoms with E-state index >= 15 is 0 Å². The van der Waals surface area contributed by atoms with Gasteiger partial charge in [0.2, 0.25) is 0 Å². The van der Waals surface area contributed by atoms with Gasteiger partial charge in [0.15, 0.2) is 11.5 Å². The van der Waals surface area contributed by atoms with Gasteiger partial charge in [0.1, 0.15) is 0 Å². The zero-order valence-corrected chi connectivity index (χ0v) is 13.3. The Morgan fingerprint density at radius 1 is 1.05 bits per heavy atom. The van der Waals surface area contributed by atoms with Crippen LogP contribution in [0.1, 0.15) is 45.1 Å². The van der Waals surface area contributed by atoms with Crippen LogP contribution in [0, 0.1) is 0 Å². The van der Waals surface area contributed by atoms with Gasteiger partial charge in [0.05, 0.1) is 13.2 Å². The topological polar surface area (TPSA) is 30.5 Å². The molecule has 0 atom stereocenters. The fourth-order valence-electron chi connectivity index (χ4n) is 2.60. The van der Waals surface area contributed by atoms with E-state index in [1.165, 1.54) is 31.2 Å². The SMILES string of the molecule is CCOc1ccc(CNC2CCCC2)cc1OCC.Cl. The van der Waals surface area contributed by atoms with Crippen LogP contribution < -0.4 is 14.8 Å². The lowest BCUT2D eigenvalue weighted by Gasteiger charge is -2.15. The fourth-order valence-corrected chi connectivity index (χ4v) is 2.60. The predicted molar refractivity (Wildman–Crippen MR) is 85.1 cm³/mol. The molecule has 0 bridgehead atoms. The van der Waals surface area contributed by atoms with Gasteiger partial charge in [0.25, 0.3) is 0 Å². The second-order valence-electron chi connectivity index (χ2n) is 5.01. The first kappa shape index (κ1) is 17.1. The van der Waals surface area contributed by atoms with E-state index in [1.807, 2.05) is 19.9 Å². The van der Waals surface area contributed by atoms with Crippen LogP contribution in [0.3, 0.4) is 0 Å². The summed E-state index contributed by atoms with van der Waals surface area (Å²) in [6.07, 6.45) is 5.36. The minimum atomic E-state index is 0. The van der Waals surface area contributed by atoms with Crippen LogP contribution in [0.15, 0.2) is 18.2 Å². The molecule has 1 saturated carbocycles. The van der Waals surface area contributed by atoms with Crippen molar-refractivity contribution < 1.29 is 9.47 Å². The first-order valence-electron chi connectivity index (χ1n) is 7.45. The second-order valence-corrected chi connectivity index (χ2v) is 5.01. The molecule has 1 aromatic carbocycles. The van der Waals surface area contributed by atoms with Crippen LogP contribution in [0.5, 0.6) is 11.5 Å². The third-order valence-corrected chi connectivity index (χ3v) is 3.56. The summed E-state index contributed by atoms with van der Waals surface area (Å²) in [6, 6.07) is 6.92. The molecular weight excluding hydrogens is 274 g/mol. The average molecular weight is 300 g/mol. The maximum absolute atomic E-state index is 5.65. The summed E-state index contributed by atoms with van der Waals surface area (Å²) in [5.41, 5.74) is 1.26. The van der Waals surface area contributed by atoms with Crippen molar-refractivity contribution >= 4 is 12.4 Å². The van der Waals surface area contributed by atoms with E-state index in [1.54, 1.807) is 0 Å². The molecule has 0 unspecified atom stereocenters. The third-order valence-electron chi connectivity index (χ3n) is 3.56. The smallest absolute Gasteiger partial charge is 0.161 e. The average Bonchev–Trinajstić information content (AvgIpc) is 2.93. The molecule has 3 nitrogen and oxygen atoms in total. The van der Waals surface area contributed by atoms with Gasteiger partial charge in [-0.15, -0.1) is 12.4 Å². The quantitative estimate of drug-likeness (QED) is 0.827. The molecular formula is C16H26ClNO2. The number of benzene rings is 1. The van der Waals surface area contributed by atoms with Gasteiger partial charge in [-0.05, 0) is 44.4 Å². The van der Waals surface area contributed by atoms with Crippen molar-refractivity contribution in [1.29, 1.82) is 0 Å². The second kappa shape index (κ2) is 9.09. The molecule has 0 aromatic heterocycles. The van der Waals surface area contributed by atoms with Crippen molar-refractivity contribution in [3.8, 4) is 11.5 Å². The maximum Gasteiger partial charge on any atom is 0.161 e. The molecule has 1 N–H and O–H groups in total. The highest BCUT2D eigenvalue weighted by Gasteiger charge is 2.14. The largest absolute Gasteiger partial charge is 0.490 e. The summed E-state index contributed by atoms with van der Waals surface area (Å²) in [5, 5.41) is 3.62. The van der Waals surface area contributed by atoms with E-state index in [9.17, 15) is 0 Å². The number of ether oxygens (including phenoxy) is 2. The molecule has 0 aliphatic heterocycles. The van der Waals surface area contributed by atoms with Crippen LogP contribution in [-0.2, 0) is 6.54 Å². The van der Waals surface area contributed by atoms with Crippen molar-refractivity contribution in [3.05, 3.63) is 23.8 Å². The van der Waals surface area contributed by atoms with Gasteiger partial charge in [-0.25, -0.2) is 0 Å². The summed E-state index contributed by atoms with van der Waals surface area (Å²) in [4.78, 5) is 0. The lowest BCUT2D eigenvalue weighted by atomic mass is 10.1. The lowest BCUT2D eigenvalue weighted by molar-refractivity contribution is 0.287. The van der Waals surface area contributed by atoms with Crippen molar-refractivity contribution in [1.82, 2.24) is 5.32 Å². The minimum absolute atomic E-state index is 0. The number of halogens is 1. The zero-order valence-electron chi connectivity index (χ0n) is 12.5. The highest BCUT2D eigenvalue weighted by Crippen LogP contribution is 2.28. The van der Waals surface area contributed by atoms with Crippen molar-refractivity contribution in [2.24, 2.45) is 0 Å². The van der Waals surface area contributed by atoms with E-state index in [2.05, 4.69) is 17.4 Å². The van der Waals surface area contributed by atoms with Gasteiger partial charge < -0.3 is 14.8 Å². The van der Waals surface area contributed by atoms with E-state index in [0.29, 0.717) is 19.3 Å². The maximum atomic E-state index is 5.65. The Labute approximate surface area is 128 Å². The molecule has 2 rings (SSSR count). The molecule has 114 valence electrons. The van der Waals surface area contributed by atoms with Crippen LogP contribution in [0.4, 0.5) is 0 Å². The van der Waals surface area contributed by atoms with Gasteiger partial charge >= 0.3 is 0 Å². The standard InChI is InChI=1S/C16H25NO2.ClH/c1-3-18-15-10-9-13(11-16(15)19-4-2)12-17-14-7-5-6-8-14;/h9-11,14,17H,3-8,12H2,1-2H3;1H. The highest BCUT2D eigenvalue weighted by molar-refractivity contribution is 5.85. The van der Waals surface area contributed by atoms with E-state index in [4.69, 9.17) is 9.47 Å². The molecule has 0 heterocycles. The van der Waals surface area contributed by atoms with Crippen molar-refractivity contribution in [2.75, 3.05) is 13.2 Å². The number of hydrogen-bond acceptors (Lipinski definition) is 3. The molecule has 1 aliphatic carbocycles. The summed E-state index contributed by atoms with van der Waals surface area (Å²) in [6.45, 7) is 6.24. The Hall–Kier alpha value is -0.930. The molecule has 20 heavy (non-hydrogen) atoms. The van der Waals surface area contributed by atoms with Crippen molar-refractivity contribution in [2.45, 2.75) is 52.1 Å². The molecule has 0 saturated heterocycles. The number of hydrogen-bond donors (Lipinski definition) is 1. The van der Waals surface area contributed by atoms with Crippen LogP contribution in [0.25, 0.3) is 0 Å². The highest BCUT2D eigenvalue weighted by atomic mass is 35.5. The predicted octanol–water partition coefficient (Wildman–Crippen LogP) is 3.94. The molecule has 0 spiro atoms. The van der Waals surface area contributed by atoms with Crippen LogP contribution in [-0.4, -0.2) is 19.3 Å². The summed E-state index contributed by atoms with van der Waals surface area (Å²) >= 11 is 0. The van der Waals surface area contributed by atoms with Gasteiger partial charge in [-0.2, -0.15) is 0 Å². The molecule has 4 heteroatoms. The summed E-state index contributed by atoms with van der Waals surface area (Å²) < 4.78 is 11.2. The Morgan fingerprint density at radius 3 is 2.35 bits per heavy atom. The van der Waals surface area contributed by atoms with E-state index < -0.39 is 0 Å². The summed E-state index contributed by atoms with van der Waals surface area (Å²) in [5.74, 6) is 1.70. The Kier molecular flexibility index (Phi) is 7.78. The van der Waals surface area contributed by atoms with Gasteiger partial charge in [-0.1, -0.05) is 18.9 Å². The Balaban J connectivity index is 0.00000200. The van der Waals surface area contributed by atoms with Gasteiger partial charge in [0, 0.05) is 12.6 Å². The van der Waals surface area contributed by atoms with Crippen molar-refractivity contribution in [3.63, 3.8) is 0 Å². The minimum Gasteiger partial charge on any atom is -0.490 e. The first-order chi connectivity index (χ1) is 9.33. The first-order valence-corrected chi connectivity index (χ1v) is 7.45. The Morgan fingerprint density at radius 2 is 1.70 bits per heavy atom. The summed E-state index contributed by atoms with van der Waals surface area (Å²) in [7, 11) is 0.